The smallest absolute Gasteiger partial charge is 0.407 e. The van der Waals surface area contributed by atoms with Crippen molar-refractivity contribution in [1.82, 2.24) is 10.6 Å². The van der Waals surface area contributed by atoms with Crippen molar-refractivity contribution in [3.8, 4) is 5.75 Å². The van der Waals surface area contributed by atoms with Crippen molar-refractivity contribution in [3.05, 3.63) is 24.3 Å². The highest BCUT2D eigenvalue weighted by atomic mass is 16.6. The Morgan fingerprint density at radius 3 is 2.32 bits per heavy atom. The van der Waals surface area contributed by atoms with Crippen molar-refractivity contribution in [2.45, 2.75) is 104 Å². The Bertz CT molecular complexity index is 1030. The molecule has 41 heavy (non-hydrogen) atoms. The molecule has 1 aliphatic rings. The second-order valence-electron chi connectivity index (χ2n) is 11.9. The number of hydrogen-bond acceptors (Lipinski definition) is 9. The first-order valence-electron chi connectivity index (χ1n) is 14.3. The van der Waals surface area contributed by atoms with Gasteiger partial charge in [-0.1, -0.05) is 31.4 Å². The Kier molecular flexibility index (Phi) is 12.9. The van der Waals surface area contributed by atoms with Crippen LogP contribution >= 0.6 is 0 Å². The number of carbonyl (C=O) groups is 4. The van der Waals surface area contributed by atoms with Crippen LogP contribution in [0, 0.1) is 0 Å². The number of esters is 2. The monoisotopic (exact) mass is 577 g/mol. The number of anilines is 1. The van der Waals surface area contributed by atoms with Crippen LogP contribution in [0.5, 0.6) is 5.75 Å². The van der Waals surface area contributed by atoms with Crippen LogP contribution in [0.25, 0.3) is 0 Å². The van der Waals surface area contributed by atoms with Gasteiger partial charge in [0.05, 0.1) is 12.3 Å². The highest BCUT2D eigenvalue weighted by Crippen LogP contribution is 2.31. The van der Waals surface area contributed by atoms with Gasteiger partial charge >= 0.3 is 18.0 Å². The van der Waals surface area contributed by atoms with Crippen LogP contribution in [-0.4, -0.2) is 73.5 Å². The molecule has 0 saturated carbocycles. The first kappa shape index (κ1) is 33.9. The first-order chi connectivity index (χ1) is 19.2. The summed E-state index contributed by atoms with van der Waals surface area (Å²) in [6, 6.07) is 5.35. The van der Waals surface area contributed by atoms with Crippen LogP contribution in [0.4, 0.5) is 10.5 Å². The SMILES string of the molecule is CCOC(=O)[C@H](CCCCCCNC(=O)OC(C)(C)C)N[C@H]1COc2ccccc2N(CC(=O)OC(C)(C)C)C1=O. The number of alkyl carbamates (subject to hydrolysis) is 1. The van der Waals surface area contributed by atoms with E-state index in [9.17, 15) is 19.2 Å². The lowest BCUT2D eigenvalue weighted by molar-refractivity contribution is -0.154. The van der Waals surface area contributed by atoms with Crippen LogP contribution in [0.15, 0.2) is 24.3 Å². The molecule has 2 atom stereocenters. The van der Waals surface area contributed by atoms with Crippen LogP contribution < -0.4 is 20.3 Å². The number of ether oxygens (including phenoxy) is 4. The fraction of sp³-hybridized carbons (Fsp3) is 0.667. The molecule has 0 saturated heterocycles. The summed E-state index contributed by atoms with van der Waals surface area (Å²) < 4.78 is 21.9. The van der Waals surface area contributed by atoms with Gasteiger partial charge in [0.25, 0.3) is 0 Å². The molecule has 1 aromatic rings. The van der Waals surface area contributed by atoms with Gasteiger partial charge in [0.2, 0.25) is 5.91 Å². The lowest BCUT2D eigenvalue weighted by Gasteiger charge is -2.28. The maximum Gasteiger partial charge on any atom is 0.407 e. The zero-order valence-electron chi connectivity index (χ0n) is 25.5. The Morgan fingerprint density at radius 1 is 1.00 bits per heavy atom. The molecular formula is C30H47N3O8. The Labute approximate surface area is 243 Å². The minimum Gasteiger partial charge on any atom is -0.489 e. The van der Waals surface area contributed by atoms with Gasteiger partial charge in [0.1, 0.15) is 42.2 Å². The van der Waals surface area contributed by atoms with Crippen molar-refractivity contribution in [3.63, 3.8) is 0 Å². The quantitative estimate of drug-likeness (QED) is 0.202. The van der Waals surface area contributed by atoms with E-state index in [1.165, 1.54) is 4.90 Å². The summed E-state index contributed by atoms with van der Waals surface area (Å²) in [5, 5.41) is 5.88. The molecule has 2 amide bonds. The lowest BCUT2D eigenvalue weighted by atomic mass is 10.1. The second kappa shape index (κ2) is 15.6. The number of unbranched alkanes of at least 4 members (excludes halogenated alkanes) is 3. The molecule has 0 radical (unpaired) electrons. The maximum absolute atomic E-state index is 13.7. The third kappa shape index (κ3) is 12.4. The molecule has 11 nitrogen and oxygen atoms in total. The fourth-order valence-corrected chi connectivity index (χ4v) is 4.23. The number of amides is 2. The summed E-state index contributed by atoms with van der Waals surface area (Å²) in [7, 11) is 0. The van der Waals surface area contributed by atoms with E-state index in [0.717, 1.165) is 19.3 Å². The molecule has 0 bridgehead atoms. The van der Waals surface area contributed by atoms with E-state index in [2.05, 4.69) is 10.6 Å². The van der Waals surface area contributed by atoms with Gasteiger partial charge in [-0.15, -0.1) is 0 Å². The predicted octanol–water partition coefficient (Wildman–Crippen LogP) is 4.12. The summed E-state index contributed by atoms with van der Waals surface area (Å²) in [6.07, 6.45) is 3.13. The number of nitrogens with one attached hydrogen (secondary N) is 2. The standard InChI is InChI=1S/C30H47N3O8/c1-8-38-27(36)21(15-11-9-10-14-18-31-28(37)41-30(5,6)7)32-22-20-39-24-17-13-12-16-23(24)33(26(22)35)19-25(34)40-29(2,3)4/h12-13,16-17,21-22,32H,8-11,14-15,18-20H2,1-7H3,(H,31,37)/t21-,22-/m0/s1. The lowest BCUT2D eigenvalue weighted by Crippen LogP contribution is -2.55. The van der Waals surface area contributed by atoms with Gasteiger partial charge in [0.15, 0.2) is 0 Å². The average molecular weight is 578 g/mol. The minimum atomic E-state index is -0.891. The molecule has 2 rings (SSSR count). The van der Waals surface area contributed by atoms with Crippen LogP contribution in [-0.2, 0) is 28.6 Å². The van der Waals surface area contributed by atoms with Crippen molar-refractivity contribution < 1.29 is 38.1 Å². The van der Waals surface area contributed by atoms with E-state index in [1.807, 2.05) is 20.8 Å². The zero-order chi connectivity index (χ0) is 30.6. The normalized spacial score (nSPS) is 16.1. The summed E-state index contributed by atoms with van der Waals surface area (Å²) in [5.74, 6) is -0.943. The molecule has 0 unspecified atom stereocenters. The van der Waals surface area contributed by atoms with Gasteiger partial charge in [-0.3, -0.25) is 24.6 Å². The van der Waals surface area contributed by atoms with Gasteiger partial charge in [0, 0.05) is 6.54 Å². The van der Waals surface area contributed by atoms with Crippen molar-refractivity contribution in [2.24, 2.45) is 0 Å². The van der Waals surface area contributed by atoms with Crippen LogP contribution in [0.3, 0.4) is 0 Å². The summed E-state index contributed by atoms with van der Waals surface area (Å²) in [4.78, 5) is 52.3. The largest absolute Gasteiger partial charge is 0.489 e. The van der Waals surface area contributed by atoms with E-state index in [1.54, 1.807) is 52.0 Å². The van der Waals surface area contributed by atoms with Crippen LogP contribution in [0.1, 0.15) is 80.6 Å². The summed E-state index contributed by atoms with van der Waals surface area (Å²) >= 11 is 0. The molecular weight excluding hydrogens is 530 g/mol. The number of fused-ring (bicyclic) bond motifs is 1. The highest BCUT2D eigenvalue weighted by molar-refractivity contribution is 6.02. The number of nitrogens with zero attached hydrogens (tertiary/aromatic N) is 1. The van der Waals surface area contributed by atoms with Crippen LogP contribution in [0.2, 0.25) is 0 Å². The number of para-hydroxylation sites is 2. The number of carbonyl (C=O) groups excluding carboxylic acids is 4. The van der Waals surface area contributed by atoms with Gasteiger partial charge in [-0.05, 0) is 73.4 Å². The molecule has 0 fully saturated rings. The Hall–Kier alpha value is -3.34. The predicted molar refractivity (Wildman–Crippen MR) is 155 cm³/mol. The van der Waals surface area contributed by atoms with Gasteiger partial charge < -0.3 is 24.3 Å². The molecule has 0 spiro atoms. The molecule has 1 aliphatic heterocycles. The van der Waals surface area contributed by atoms with Crippen molar-refractivity contribution in [1.29, 1.82) is 0 Å². The summed E-state index contributed by atoms with van der Waals surface area (Å²) in [5.41, 5.74) is -0.792. The topological polar surface area (TPSA) is 132 Å². The van der Waals surface area contributed by atoms with Gasteiger partial charge in [-0.2, -0.15) is 0 Å². The van der Waals surface area contributed by atoms with Gasteiger partial charge in [-0.25, -0.2) is 4.79 Å². The Morgan fingerprint density at radius 2 is 1.66 bits per heavy atom. The third-order valence-corrected chi connectivity index (χ3v) is 5.89. The fourth-order valence-electron chi connectivity index (χ4n) is 4.23. The molecule has 0 aliphatic carbocycles. The average Bonchev–Trinajstić information content (AvgIpc) is 2.97. The first-order valence-corrected chi connectivity index (χ1v) is 14.3. The molecule has 230 valence electrons. The molecule has 1 aromatic carbocycles. The summed E-state index contributed by atoms with van der Waals surface area (Å²) in [6.45, 7) is 12.8. The molecule has 1 heterocycles. The molecule has 11 heteroatoms. The van der Waals surface area contributed by atoms with Crippen molar-refractivity contribution >= 4 is 29.6 Å². The van der Waals surface area contributed by atoms with E-state index in [4.69, 9.17) is 18.9 Å². The minimum absolute atomic E-state index is 0.0209. The second-order valence-corrected chi connectivity index (χ2v) is 11.9. The zero-order valence-corrected chi connectivity index (χ0v) is 25.5. The van der Waals surface area contributed by atoms with E-state index in [-0.39, 0.29) is 19.8 Å². The van der Waals surface area contributed by atoms with E-state index >= 15 is 0 Å². The number of benzene rings is 1. The molecule has 0 aromatic heterocycles. The molecule has 2 N–H and O–H groups in total. The maximum atomic E-state index is 13.7. The van der Waals surface area contributed by atoms with E-state index < -0.39 is 47.2 Å². The van der Waals surface area contributed by atoms with E-state index in [0.29, 0.717) is 30.8 Å². The third-order valence-electron chi connectivity index (χ3n) is 5.89. The number of hydrogen-bond donors (Lipinski definition) is 2. The van der Waals surface area contributed by atoms with Crippen molar-refractivity contribution in [2.75, 3.05) is 31.2 Å². The highest BCUT2D eigenvalue weighted by Gasteiger charge is 2.36. The number of rotatable bonds is 13. The Balaban J connectivity index is 2.00.